The largest absolute Gasteiger partial charge is 0.383 e. The summed E-state index contributed by atoms with van der Waals surface area (Å²) in [6.07, 6.45) is 0. The van der Waals surface area contributed by atoms with E-state index in [0.29, 0.717) is 0 Å². The number of aromatic nitrogens is 2. The molecule has 7 heteroatoms. The van der Waals surface area contributed by atoms with E-state index in [9.17, 15) is 8.78 Å². The van der Waals surface area contributed by atoms with Crippen LogP contribution in [0.5, 0.6) is 0 Å². The van der Waals surface area contributed by atoms with Gasteiger partial charge in [-0.05, 0) is 18.2 Å². The summed E-state index contributed by atoms with van der Waals surface area (Å²) in [5.74, 6) is -1.18. The number of halogens is 2. The Kier molecular flexibility index (Phi) is 3.63. The van der Waals surface area contributed by atoms with Crippen LogP contribution < -0.4 is 5.73 Å². The van der Waals surface area contributed by atoms with E-state index in [-0.39, 0.29) is 23.9 Å². The maximum absolute atomic E-state index is 13.5. The molecule has 0 aliphatic heterocycles. The first-order valence-corrected chi connectivity index (χ1v) is 5.15. The van der Waals surface area contributed by atoms with Crippen molar-refractivity contribution in [3.05, 3.63) is 35.7 Å². The van der Waals surface area contributed by atoms with Crippen LogP contribution in [0.25, 0.3) is 11.5 Å². The average molecular weight is 255 g/mol. The van der Waals surface area contributed by atoms with Crippen LogP contribution in [0, 0.1) is 11.6 Å². The molecule has 0 saturated carbocycles. The van der Waals surface area contributed by atoms with E-state index in [4.69, 9.17) is 15.0 Å². The average Bonchev–Trinajstić information content (AvgIpc) is 2.82. The summed E-state index contributed by atoms with van der Waals surface area (Å²) in [6, 6.07) is 2.40. The molecule has 0 aliphatic rings. The molecular weight excluding hydrogens is 244 g/mol. The number of benzene rings is 1. The predicted octanol–water partition coefficient (Wildman–Crippen LogP) is 1.66. The molecule has 0 spiro atoms. The van der Waals surface area contributed by atoms with Gasteiger partial charge in [-0.3, -0.25) is 0 Å². The van der Waals surface area contributed by atoms with Crippen molar-refractivity contribution < 1.29 is 18.0 Å². The normalized spacial score (nSPS) is 12.7. The summed E-state index contributed by atoms with van der Waals surface area (Å²) in [7, 11) is 1.48. The molecular formula is C11H11F2N3O2. The van der Waals surface area contributed by atoms with Crippen molar-refractivity contribution in [3.63, 3.8) is 0 Å². The van der Waals surface area contributed by atoms with Gasteiger partial charge in [0.15, 0.2) is 5.82 Å². The third-order valence-corrected chi connectivity index (χ3v) is 2.28. The maximum atomic E-state index is 13.5. The lowest BCUT2D eigenvalue weighted by Crippen LogP contribution is -2.17. The highest BCUT2D eigenvalue weighted by molar-refractivity contribution is 5.53. The number of hydrogen-bond acceptors (Lipinski definition) is 5. The summed E-state index contributed by atoms with van der Waals surface area (Å²) in [6.45, 7) is 0.199. The zero-order valence-corrected chi connectivity index (χ0v) is 9.56. The first-order valence-electron chi connectivity index (χ1n) is 5.15. The Balaban J connectivity index is 2.32. The van der Waals surface area contributed by atoms with Crippen LogP contribution in [0.2, 0.25) is 0 Å². The smallest absolute Gasteiger partial charge is 0.261 e. The number of ether oxygens (including phenoxy) is 1. The third kappa shape index (κ3) is 2.52. The molecule has 0 radical (unpaired) electrons. The van der Waals surface area contributed by atoms with E-state index in [2.05, 4.69) is 10.1 Å². The van der Waals surface area contributed by atoms with Crippen LogP contribution in [0.15, 0.2) is 22.7 Å². The Morgan fingerprint density at radius 3 is 2.94 bits per heavy atom. The molecule has 1 heterocycles. The lowest BCUT2D eigenvalue weighted by atomic mass is 10.2. The SMILES string of the molecule is COCC(N)c1noc(-c2cc(F)ccc2F)n1. The lowest BCUT2D eigenvalue weighted by Gasteiger charge is -2.03. The summed E-state index contributed by atoms with van der Waals surface area (Å²) in [5.41, 5.74) is 5.59. The quantitative estimate of drug-likeness (QED) is 0.899. The Hall–Kier alpha value is -1.86. The fourth-order valence-electron chi connectivity index (χ4n) is 1.41. The number of rotatable bonds is 4. The standard InChI is InChI=1S/C11H11F2N3O2/c1-17-5-9(14)10-15-11(18-16-10)7-4-6(12)2-3-8(7)13/h2-4,9H,5,14H2,1H3. The van der Waals surface area contributed by atoms with Crippen LogP contribution in [0.3, 0.4) is 0 Å². The van der Waals surface area contributed by atoms with Gasteiger partial charge in [-0.1, -0.05) is 5.16 Å². The summed E-state index contributed by atoms with van der Waals surface area (Å²) < 4.78 is 36.2. The van der Waals surface area contributed by atoms with Crippen LogP contribution in [0.4, 0.5) is 8.78 Å². The molecule has 1 atom stereocenters. The van der Waals surface area contributed by atoms with Gasteiger partial charge in [-0.2, -0.15) is 4.98 Å². The molecule has 2 rings (SSSR count). The summed E-state index contributed by atoms with van der Waals surface area (Å²) in [4.78, 5) is 3.91. The number of methoxy groups -OCH3 is 1. The number of nitrogens with two attached hydrogens (primary N) is 1. The molecule has 1 aromatic heterocycles. The second-order valence-electron chi connectivity index (χ2n) is 3.64. The van der Waals surface area contributed by atoms with Crippen molar-refractivity contribution in [3.8, 4) is 11.5 Å². The molecule has 2 aromatic rings. The molecule has 0 aliphatic carbocycles. The highest BCUT2D eigenvalue weighted by Gasteiger charge is 2.17. The highest BCUT2D eigenvalue weighted by atomic mass is 19.1. The van der Waals surface area contributed by atoms with Crippen molar-refractivity contribution >= 4 is 0 Å². The van der Waals surface area contributed by atoms with E-state index in [1.165, 1.54) is 7.11 Å². The highest BCUT2D eigenvalue weighted by Crippen LogP contribution is 2.22. The molecule has 5 nitrogen and oxygen atoms in total. The first kappa shape index (κ1) is 12.6. The van der Waals surface area contributed by atoms with Gasteiger partial charge in [-0.25, -0.2) is 8.78 Å². The van der Waals surface area contributed by atoms with E-state index in [1.807, 2.05) is 0 Å². The van der Waals surface area contributed by atoms with E-state index < -0.39 is 17.7 Å². The van der Waals surface area contributed by atoms with Crippen LogP contribution in [0.1, 0.15) is 11.9 Å². The van der Waals surface area contributed by atoms with Gasteiger partial charge in [0.25, 0.3) is 5.89 Å². The molecule has 0 amide bonds. The lowest BCUT2D eigenvalue weighted by molar-refractivity contribution is 0.177. The second-order valence-corrected chi connectivity index (χ2v) is 3.64. The summed E-state index contributed by atoms with van der Waals surface area (Å²) >= 11 is 0. The number of nitrogens with zero attached hydrogens (tertiary/aromatic N) is 2. The van der Waals surface area contributed by atoms with E-state index >= 15 is 0 Å². The fraction of sp³-hybridized carbons (Fsp3) is 0.273. The van der Waals surface area contributed by atoms with Gasteiger partial charge >= 0.3 is 0 Å². The van der Waals surface area contributed by atoms with Crippen molar-refractivity contribution in [2.45, 2.75) is 6.04 Å². The van der Waals surface area contributed by atoms with Gasteiger partial charge < -0.3 is 15.0 Å². The monoisotopic (exact) mass is 255 g/mol. The molecule has 18 heavy (non-hydrogen) atoms. The first-order chi connectivity index (χ1) is 8.61. The Morgan fingerprint density at radius 1 is 1.44 bits per heavy atom. The molecule has 1 aromatic carbocycles. The molecule has 0 bridgehead atoms. The minimum absolute atomic E-state index is 0.0987. The minimum Gasteiger partial charge on any atom is -0.383 e. The zero-order valence-electron chi connectivity index (χ0n) is 9.56. The molecule has 96 valence electrons. The van der Waals surface area contributed by atoms with Crippen molar-refractivity contribution in [2.24, 2.45) is 5.73 Å². The van der Waals surface area contributed by atoms with Gasteiger partial charge in [0.05, 0.1) is 18.2 Å². The second kappa shape index (κ2) is 5.19. The fourth-order valence-corrected chi connectivity index (χ4v) is 1.41. The van der Waals surface area contributed by atoms with Crippen molar-refractivity contribution in [1.29, 1.82) is 0 Å². The minimum atomic E-state index is -0.646. The van der Waals surface area contributed by atoms with Gasteiger partial charge in [0.2, 0.25) is 0 Å². The maximum Gasteiger partial charge on any atom is 0.261 e. The topological polar surface area (TPSA) is 74.2 Å². The van der Waals surface area contributed by atoms with Gasteiger partial charge in [0, 0.05) is 7.11 Å². The van der Waals surface area contributed by atoms with Crippen molar-refractivity contribution in [1.82, 2.24) is 10.1 Å². The van der Waals surface area contributed by atoms with Gasteiger partial charge in [0.1, 0.15) is 11.6 Å². The van der Waals surface area contributed by atoms with Crippen LogP contribution >= 0.6 is 0 Å². The Labute approximate surface area is 102 Å². The van der Waals surface area contributed by atoms with Crippen molar-refractivity contribution in [2.75, 3.05) is 13.7 Å². The van der Waals surface area contributed by atoms with Crippen LogP contribution in [-0.2, 0) is 4.74 Å². The van der Waals surface area contributed by atoms with E-state index in [1.54, 1.807) is 0 Å². The van der Waals surface area contributed by atoms with Gasteiger partial charge in [-0.15, -0.1) is 0 Å². The molecule has 0 saturated heterocycles. The molecule has 2 N–H and O–H groups in total. The Morgan fingerprint density at radius 2 is 2.22 bits per heavy atom. The molecule has 1 unspecified atom stereocenters. The molecule has 0 fully saturated rings. The Bertz CT molecular complexity index is 545. The predicted molar refractivity (Wildman–Crippen MR) is 58.5 cm³/mol. The zero-order chi connectivity index (χ0) is 13.1. The summed E-state index contributed by atoms with van der Waals surface area (Å²) in [5, 5.41) is 3.60. The van der Waals surface area contributed by atoms with Crippen LogP contribution in [-0.4, -0.2) is 23.9 Å². The number of hydrogen-bond donors (Lipinski definition) is 1. The van der Waals surface area contributed by atoms with E-state index in [0.717, 1.165) is 18.2 Å². The third-order valence-electron chi connectivity index (χ3n) is 2.28.